The smallest absolute Gasteiger partial charge is 0.263 e. The number of hydrazine groups is 1. The molecule has 9 heteroatoms. The van der Waals surface area contributed by atoms with Crippen LogP contribution in [0.15, 0.2) is 22.8 Å². The second-order valence-corrected chi connectivity index (χ2v) is 4.48. The van der Waals surface area contributed by atoms with Crippen LogP contribution in [0.1, 0.15) is 12.8 Å². The van der Waals surface area contributed by atoms with E-state index in [2.05, 4.69) is 20.8 Å². The lowest BCUT2D eigenvalue weighted by Gasteiger charge is -2.11. The van der Waals surface area contributed by atoms with Gasteiger partial charge >= 0.3 is 0 Å². The Labute approximate surface area is 114 Å². The molecule has 3 rings (SSSR count). The molecule has 2 atom stereocenters. The maximum absolute atomic E-state index is 11.3. The van der Waals surface area contributed by atoms with Gasteiger partial charge in [-0.1, -0.05) is 0 Å². The highest BCUT2D eigenvalue weighted by molar-refractivity contribution is 5.80. The van der Waals surface area contributed by atoms with Crippen molar-refractivity contribution in [2.45, 2.75) is 31.6 Å². The molecule has 1 saturated heterocycles. The average molecular weight is 278 g/mol. The fourth-order valence-electron chi connectivity index (χ4n) is 2.13. The van der Waals surface area contributed by atoms with Crippen molar-refractivity contribution in [1.29, 1.82) is 0 Å². The summed E-state index contributed by atoms with van der Waals surface area (Å²) < 4.78 is 10.8. The summed E-state index contributed by atoms with van der Waals surface area (Å²) in [5.41, 5.74) is 2.09. The lowest BCUT2D eigenvalue weighted by atomic mass is 10.2. The first-order valence-corrected chi connectivity index (χ1v) is 6.24. The van der Waals surface area contributed by atoms with Crippen LogP contribution in [0, 0.1) is 0 Å². The minimum Gasteiger partial charge on any atom is -0.461 e. The molecule has 106 valence electrons. The van der Waals surface area contributed by atoms with Crippen LogP contribution in [0.4, 0.5) is 0 Å². The zero-order chi connectivity index (χ0) is 13.9. The number of nitrogens with one attached hydrogen (secondary N) is 1. The summed E-state index contributed by atoms with van der Waals surface area (Å²) in [5, 5.41) is 12.0. The third-order valence-electron chi connectivity index (χ3n) is 3.10. The molecular weight excluding hydrogens is 264 g/mol. The second-order valence-electron chi connectivity index (χ2n) is 4.48. The van der Waals surface area contributed by atoms with Gasteiger partial charge < -0.3 is 9.15 Å². The first kappa shape index (κ1) is 12.8. The monoisotopic (exact) mass is 278 g/mol. The van der Waals surface area contributed by atoms with Gasteiger partial charge in [-0.05, 0) is 30.2 Å². The Balaban J connectivity index is 1.61. The molecule has 1 amide bonds. The largest absolute Gasteiger partial charge is 0.461 e. The van der Waals surface area contributed by atoms with E-state index < -0.39 is 6.10 Å². The minimum atomic E-state index is -0.502. The lowest BCUT2D eigenvalue weighted by molar-refractivity contribution is -0.132. The van der Waals surface area contributed by atoms with E-state index in [1.54, 1.807) is 18.4 Å². The number of aromatic nitrogens is 4. The number of tetrazole rings is 1. The van der Waals surface area contributed by atoms with E-state index in [1.165, 1.54) is 4.80 Å². The van der Waals surface area contributed by atoms with Gasteiger partial charge in [-0.2, -0.15) is 4.80 Å². The SMILES string of the molecule is NNC(=O)C1CCC(Cn2nnc(-c3ccco3)n2)O1. The molecule has 0 spiro atoms. The van der Waals surface area contributed by atoms with Crippen LogP contribution in [-0.4, -0.2) is 38.3 Å². The van der Waals surface area contributed by atoms with E-state index in [-0.39, 0.29) is 12.0 Å². The van der Waals surface area contributed by atoms with E-state index in [1.807, 2.05) is 0 Å². The van der Waals surface area contributed by atoms with Crippen molar-refractivity contribution < 1.29 is 13.9 Å². The molecule has 1 aliphatic heterocycles. The molecule has 1 aliphatic rings. The summed E-state index contributed by atoms with van der Waals surface area (Å²) in [7, 11) is 0. The van der Waals surface area contributed by atoms with Gasteiger partial charge in [0.1, 0.15) is 6.10 Å². The predicted molar refractivity (Wildman–Crippen MR) is 65.7 cm³/mol. The van der Waals surface area contributed by atoms with Crippen molar-refractivity contribution in [3.8, 4) is 11.6 Å². The molecule has 0 saturated carbocycles. The number of nitrogens with zero attached hydrogens (tertiary/aromatic N) is 4. The summed E-state index contributed by atoms with van der Waals surface area (Å²) in [6.07, 6.45) is 2.30. The molecule has 2 aromatic rings. The average Bonchev–Trinajstić information content (AvgIpc) is 3.19. The van der Waals surface area contributed by atoms with Gasteiger partial charge in [-0.3, -0.25) is 10.2 Å². The normalized spacial score (nSPS) is 22.1. The van der Waals surface area contributed by atoms with Gasteiger partial charge in [-0.25, -0.2) is 5.84 Å². The Morgan fingerprint density at radius 2 is 2.45 bits per heavy atom. The molecule has 2 unspecified atom stereocenters. The van der Waals surface area contributed by atoms with E-state index in [9.17, 15) is 4.79 Å². The molecule has 0 aromatic carbocycles. The summed E-state index contributed by atoms with van der Waals surface area (Å²) in [6.45, 7) is 0.433. The Kier molecular flexibility index (Phi) is 3.44. The second kappa shape index (κ2) is 5.39. The molecule has 3 N–H and O–H groups in total. The van der Waals surface area contributed by atoms with Crippen LogP contribution >= 0.6 is 0 Å². The minimum absolute atomic E-state index is 0.129. The molecule has 0 aliphatic carbocycles. The topological polar surface area (TPSA) is 121 Å². The number of hydrogen-bond donors (Lipinski definition) is 2. The van der Waals surface area contributed by atoms with Gasteiger partial charge in [0.15, 0.2) is 5.76 Å². The summed E-state index contributed by atoms with van der Waals surface area (Å²) in [4.78, 5) is 12.8. The number of furan rings is 1. The van der Waals surface area contributed by atoms with Crippen LogP contribution in [-0.2, 0) is 16.1 Å². The first-order valence-electron chi connectivity index (χ1n) is 6.24. The summed E-state index contributed by atoms with van der Waals surface area (Å²) in [6, 6.07) is 3.52. The summed E-state index contributed by atoms with van der Waals surface area (Å²) in [5.74, 6) is 5.75. The Bertz CT molecular complexity index is 581. The molecular formula is C11H14N6O3. The van der Waals surface area contributed by atoms with Crippen molar-refractivity contribution >= 4 is 5.91 Å². The molecule has 2 aromatic heterocycles. The third kappa shape index (κ3) is 2.53. The highest BCUT2D eigenvalue weighted by Gasteiger charge is 2.31. The van der Waals surface area contributed by atoms with Crippen LogP contribution in [0.5, 0.6) is 0 Å². The summed E-state index contributed by atoms with van der Waals surface area (Å²) >= 11 is 0. The van der Waals surface area contributed by atoms with E-state index in [0.29, 0.717) is 24.6 Å². The number of nitrogens with two attached hydrogens (primary N) is 1. The maximum Gasteiger partial charge on any atom is 0.263 e. The van der Waals surface area contributed by atoms with Gasteiger partial charge in [0.25, 0.3) is 5.91 Å². The lowest BCUT2D eigenvalue weighted by Crippen LogP contribution is -2.39. The van der Waals surface area contributed by atoms with Crippen LogP contribution in [0.25, 0.3) is 11.6 Å². The van der Waals surface area contributed by atoms with Gasteiger partial charge in [-0.15, -0.1) is 10.2 Å². The number of hydrogen-bond acceptors (Lipinski definition) is 7. The number of amides is 1. The fraction of sp³-hybridized carbons (Fsp3) is 0.455. The van der Waals surface area contributed by atoms with Crippen molar-refractivity contribution in [1.82, 2.24) is 25.6 Å². The van der Waals surface area contributed by atoms with Crippen LogP contribution in [0.2, 0.25) is 0 Å². The van der Waals surface area contributed by atoms with Crippen molar-refractivity contribution in [2.75, 3.05) is 0 Å². The molecule has 0 bridgehead atoms. The number of carbonyl (C=O) groups excluding carboxylic acids is 1. The molecule has 9 nitrogen and oxygen atoms in total. The van der Waals surface area contributed by atoms with E-state index >= 15 is 0 Å². The standard InChI is InChI=1S/C11H14N6O3/c12-13-11(18)9-4-3-7(20-9)6-17-15-10(14-16-17)8-2-1-5-19-8/h1-2,5,7,9H,3-4,6,12H2,(H,13,18). The highest BCUT2D eigenvalue weighted by atomic mass is 16.5. The number of ether oxygens (including phenoxy) is 1. The predicted octanol–water partition coefficient (Wildman–Crippen LogP) is -0.529. The van der Waals surface area contributed by atoms with E-state index in [4.69, 9.17) is 15.0 Å². The van der Waals surface area contributed by atoms with Crippen LogP contribution < -0.4 is 11.3 Å². The van der Waals surface area contributed by atoms with Gasteiger partial charge in [0.2, 0.25) is 5.82 Å². The molecule has 1 fully saturated rings. The van der Waals surface area contributed by atoms with Crippen molar-refractivity contribution in [3.05, 3.63) is 18.4 Å². The highest BCUT2D eigenvalue weighted by Crippen LogP contribution is 2.21. The third-order valence-corrected chi connectivity index (χ3v) is 3.10. The van der Waals surface area contributed by atoms with Crippen molar-refractivity contribution in [2.24, 2.45) is 5.84 Å². The Hall–Kier alpha value is -2.26. The number of carbonyl (C=O) groups is 1. The maximum atomic E-state index is 11.3. The van der Waals surface area contributed by atoms with Crippen LogP contribution in [0.3, 0.4) is 0 Å². The molecule has 0 radical (unpaired) electrons. The quantitative estimate of drug-likeness (QED) is 0.438. The molecule has 20 heavy (non-hydrogen) atoms. The molecule has 3 heterocycles. The fourth-order valence-corrected chi connectivity index (χ4v) is 2.13. The first-order chi connectivity index (χ1) is 9.76. The number of rotatable bonds is 4. The Morgan fingerprint density at radius 3 is 3.20 bits per heavy atom. The van der Waals surface area contributed by atoms with Gasteiger partial charge in [0, 0.05) is 0 Å². The van der Waals surface area contributed by atoms with E-state index in [0.717, 1.165) is 6.42 Å². The zero-order valence-corrected chi connectivity index (χ0v) is 10.6. The van der Waals surface area contributed by atoms with Gasteiger partial charge in [0.05, 0.1) is 18.9 Å². The van der Waals surface area contributed by atoms with Crippen molar-refractivity contribution in [3.63, 3.8) is 0 Å². The Morgan fingerprint density at radius 1 is 1.55 bits per heavy atom. The zero-order valence-electron chi connectivity index (χ0n) is 10.6.